The molecule has 0 bridgehead atoms. The molecule has 0 N–H and O–H groups in total. The molecule has 1 aromatic rings. The molecule has 0 heterocycles. The number of aryl methyl sites for hydroxylation is 1. The summed E-state index contributed by atoms with van der Waals surface area (Å²) in [7, 11) is 0. The van der Waals surface area contributed by atoms with Gasteiger partial charge in [0.25, 0.3) is 0 Å². The van der Waals surface area contributed by atoms with Gasteiger partial charge in [-0.2, -0.15) is 0 Å². The summed E-state index contributed by atoms with van der Waals surface area (Å²) < 4.78 is 5.28. The van der Waals surface area contributed by atoms with Gasteiger partial charge in [-0.25, -0.2) is 0 Å². The Hall–Kier alpha value is -1.31. The highest BCUT2D eigenvalue weighted by Crippen LogP contribution is 2.21. The van der Waals surface area contributed by atoms with Gasteiger partial charge in [0.2, 0.25) is 0 Å². The van der Waals surface area contributed by atoms with E-state index in [-0.39, 0.29) is 11.4 Å². The van der Waals surface area contributed by atoms with Crippen LogP contribution in [0.5, 0.6) is 0 Å². The molecular formula is C15H22O2. The lowest BCUT2D eigenvalue weighted by Crippen LogP contribution is -2.26. The molecule has 0 atom stereocenters. The fourth-order valence-corrected chi connectivity index (χ4v) is 1.43. The fourth-order valence-electron chi connectivity index (χ4n) is 1.43. The smallest absolute Gasteiger partial charge is 0.311 e. The van der Waals surface area contributed by atoms with Gasteiger partial charge in [0.05, 0.1) is 12.0 Å². The molecule has 1 rings (SSSR count). The SMILES string of the molecule is CCC(C)(C)C(=O)OCCCc1ccccc1. The molecule has 0 radical (unpaired) electrons. The van der Waals surface area contributed by atoms with Crippen LogP contribution in [0, 0.1) is 5.41 Å². The van der Waals surface area contributed by atoms with E-state index >= 15 is 0 Å². The second-order valence-electron chi connectivity index (χ2n) is 4.96. The second-order valence-corrected chi connectivity index (χ2v) is 4.96. The molecule has 2 heteroatoms. The Balaban J connectivity index is 2.23. The largest absolute Gasteiger partial charge is 0.465 e. The Labute approximate surface area is 104 Å². The summed E-state index contributed by atoms with van der Waals surface area (Å²) in [6.07, 6.45) is 2.65. The van der Waals surface area contributed by atoms with Crippen LogP contribution < -0.4 is 0 Å². The minimum absolute atomic E-state index is 0.0898. The summed E-state index contributed by atoms with van der Waals surface area (Å²) >= 11 is 0. The van der Waals surface area contributed by atoms with Gasteiger partial charge in [-0.15, -0.1) is 0 Å². The van der Waals surface area contributed by atoms with Crippen molar-refractivity contribution in [3.63, 3.8) is 0 Å². The van der Waals surface area contributed by atoms with Gasteiger partial charge >= 0.3 is 5.97 Å². The van der Waals surface area contributed by atoms with Crippen LogP contribution in [0.3, 0.4) is 0 Å². The van der Waals surface area contributed by atoms with Crippen molar-refractivity contribution in [1.29, 1.82) is 0 Å². The van der Waals surface area contributed by atoms with E-state index in [0.29, 0.717) is 6.61 Å². The number of benzene rings is 1. The maximum atomic E-state index is 11.7. The molecule has 0 spiro atoms. The van der Waals surface area contributed by atoms with Crippen LogP contribution in [0.2, 0.25) is 0 Å². The normalized spacial score (nSPS) is 11.2. The average molecular weight is 234 g/mol. The van der Waals surface area contributed by atoms with E-state index in [2.05, 4.69) is 12.1 Å². The monoisotopic (exact) mass is 234 g/mol. The van der Waals surface area contributed by atoms with Crippen molar-refractivity contribution in [2.75, 3.05) is 6.61 Å². The molecule has 0 saturated heterocycles. The predicted molar refractivity (Wildman–Crippen MR) is 69.8 cm³/mol. The Morgan fingerprint density at radius 3 is 2.47 bits per heavy atom. The number of hydrogen-bond acceptors (Lipinski definition) is 2. The molecule has 94 valence electrons. The second kappa shape index (κ2) is 6.43. The summed E-state index contributed by atoms with van der Waals surface area (Å²) in [5, 5.41) is 0. The molecule has 0 amide bonds. The van der Waals surface area contributed by atoms with E-state index in [1.165, 1.54) is 5.56 Å². The summed E-state index contributed by atoms with van der Waals surface area (Å²) in [4.78, 5) is 11.7. The third kappa shape index (κ3) is 4.59. The zero-order chi connectivity index (χ0) is 12.7. The molecule has 0 saturated carbocycles. The topological polar surface area (TPSA) is 26.3 Å². The minimum Gasteiger partial charge on any atom is -0.465 e. The number of esters is 1. The van der Waals surface area contributed by atoms with Crippen molar-refractivity contribution >= 4 is 5.97 Å². The van der Waals surface area contributed by atoms with Crippen molar-refractivity contribution in [3.8, 4) is 0 Å². The van der Waals surface area contributed by atoms with Crippen LogP contribution >= 0.6 is 0 Å². The van der Waals surface area contributed by atoms with Crippen LogP contribution in [-0.2, 0) is 16.0 Å². The van der Waals surface area contributed by atoms with Gasteiger partial charge in [0.15, 0.2) is 0 Å². The Morgan fingerprint density at radius 2 is 1.88 bits per heavy atom. The Bertz CT molecular complexity index is 341. The lowest BCUT2D eigenvalue weighted by molar-refractivity contribution is -0.154. The molecule has 0 aliphatic heterocycles. The summed E-state index contributed by atoms with van der Waals surface area (Å²) in [6.45, 7) is 6.36. The highest BCUT2D eigenvalue weighted by Gasteiger charge is 2.26. The van der Waals surface area contributed by atoms with Crippen molar-refractivity contribution in [3.05, 3.63) is 35.9 Å². The van der Waals surface area contributed by atoms with Crippen molar-refractivity contribution in [1.82, 2.24) is 0 Å². The third-order valence-electron chi connectivity index (χ3n) is 3.12. The Morgan fingerprint density at radius 1 is 1.24 bits per heavy atom. The molecular weight excluding hydrogens is 212 g/mol. The third-order valence-corrected chi connectivity index (χ3v) is 3.12. The van der Waals surface area contributed by atoms with E-state index in [9.17, 15) is 4.79 Å². The predicted octanol–water partition coefficient (Wildman–Crippen LogP) is 3.60. The molecule has 0 aliphatic rings. The van der Waals surface area contributed by atoms with Gasteiger partial charge in [-0.3, -0.25) is 4.79 Å². The number of carbonyl (C=O) groups excluding carboxylic acids is 1. The highest BCUT2D eigenvalue weighted by molar-refractivity contribution is 5.75. The van der Waals surface area contributed by atoms with Crippen LogP contribution in [-0.4, -0.2) is 12.6 Å². The van der Waals surface area contributed by atoms with Crippen molar-refractivity contribution < 1.29 is 9.53 Å². The zero-order valence-corrected chi connectivity index (χ0v) is 11.0. The number of rotatable bonds is 6. The molecule has 1 aromatic carbocycles. The van der Waals surface area contributed by atoms with E-state index < -0.39 is 0 Å². The molecule has 17 heavy (non-hydrogen) atoms. The van der Waals surface area contributed by atoms with Gasteiger partial charge in [0.1, 0.15) is 0 Å². The number of carbonyl (C=O) groups is 1. The molecule has 0 aromatic heterocycles. The molecule has 2 nitrogen and oxygen atoms in total. The molecule has 0 fully saturated rings. The van der Waals surface area contributed by atoms with Gasteiger partial charge in [0, 0.05) is 0 Å². The molecule has 0 aliphatic carbocycles. The number of ether oxygens (including phenoxy) is 1. The Kier molecular flexibility index (Phi) is 5.20. The first-order valence-electron chi connectivity index (χ1n) is 6.27. The first-order chi connectivity index (χ1) is 8.06. The number of hydrogen-bond donors (Lipinski definition) is 0. The molecule has 0 unspecified atom stereocenters. The van der Waals surface area contributed by atoms with Crippen LogP contribution in [0.25, 0.3) is 0 Å². The van der Waals surface area contributed by atoms with Crippen LogP contribution in [0.15, 0.2) is 30.3 Å². The van der Waals surface area contributed by atoms with Gasteiger partial charge in [-0.1, -0.05) is 37.3 Å². The first kappa shape index (κ1) is 13.8. The zero-order valence-electron chi connectivity index (χ0n) is 11.0. The lowest BCUT2D eigenvalue weighted by atomic mass is 9.91. The standard InChI is InChI=1S/C15H22O2/c1-4-15(2,3)14(16)17-12-8-11-13-9-6-5-7-10-13/h5-7,9-10H,4,8,11-12H2,1-3H3. The van der Waals surface area contributed by atoms with Crippen molar-refractivity contribution in [2.24, 2.45) is 5.41 Å². The van der Waals surface area contributed by atoms with Gasteiger partial charge < -0.3 is 4.74 Å². The quantitative estimate of drug-likeness (QED) is 0.555. The highest BCUT2D eigenvalue weighted by atomic mass is 16.5. The first-order valence-corrected chi connectivity index (χ1v) is 6.27. The summed E-state index contributed by atoms with van der Waals surface area (Å²) in [5.41, 5.74) is 0.936. The fraction of sp³-hybridized carbons (Fsp3) is 0.533. The average Bonchev–Trinajstić information content (AvgIpc) is 2.35. The summed E-state index contributed by atoms with van der Waals surface area (Å²) in [6, 6.07) is 10.3. The van der Waals surface area contributed by atoms with Crippen LogP contribution in [0.4, 0.5) is 0 Å². The van der Waals surface area contributed by atoms with E-state index in [1.54, 1.807) is 0 Å². The maximum Gasteiger partial charge on any atom is 0.311 e. The van der Waals surface area contributed by atoms with E-state index in [0.717, 1.165) is 19.3 Å². The van der Waals surface area contributed by atoms with Crippen LogP contribution in [0.1, 0.15) is 39.2 Å². The van der Waals surface area contributed by atoms with Crippen molar-refractivity contribution in [2.45, 2.75) is 40.0 Å². The summed E-state index contributed by atoms with van der Waals surface area (Å²) in [5.74, 6) is -0.0898. The lowest BCUT2D eigenvalue weighted by Gasteiger charge is -2.20. The van der Waals surface area contributed by atoms with Gasteiger partial charge in [-0.05, 0) is 38.7 Å². The van der Waals surface area contributed by atoms with E-state index in [4.69, 9.17) is 4.74 Å². The van der Waals surface area contributed by atoms with E-state index in [1.807, 2.05) is 39.0 Å². The minimum atomic E-state index is -0.354. The maximum absolute atomic E-state index is 11.7.